The molecule has 0 aliphatic carbocycles. The summed E-state index contributed by atoms with van der Waals surface area (Å²) in [5.74, 6) is 0.503. The van der Waals surface area contributed by atoms with Crippen molar-refractivity contribution in [3.05, 3.63) is 89.5 Å². The molecule has 5 rings (SSSR count). The Hall–Kier alpha value is -2.63. The van der Waals surface area contributed by atoms with Gasteiger partial charge in [-0.25, -0.2) is 4.98 Å². The minimum absolute atomic E-state index is 0.129. The molecular formula is C28H28N2OS2. The van der Waals surface area contributed by atoms with E-state index in [-0.39, 0.29) is 16.9 Å². The van der Waals surface area contributed by atoms with E-state index in [4.69, 9.17) is 4.98 Å². The Morgan fingerprint density at radius 1 is 1.03 bits per heavy atom. The van der Waals surface area contributed by atoms with Crippen LogP contribution in [0.2, 0.25) is 0 Å². The van der Waals surface area contributed by atoms with Crippen LogP contribution in [0, 0.1) is 6.92 Å². The zero-order chi connectivity index (χ0) is 23.2. The van der Waals surface area contributed by atoms with Crippen LogP contribution in [0.1, 0.15) is 43.9 Å². The van der Waals surface area contributed by atoms with E-state index < -0.39 is 0 Å². The first kappa shape index (κ1) is 22.2. The van der Waals surface area contributed by atoms with Gasteiger partial charge >= 0.3 is 0 Å². The van der Waals surface area contributed by atoms with Crippen LogP contribution < -0.4 is 4.90 Å². The van der Waals surface area contributed by atoms with Gasteiger partial charge in [0.25, 0.3) is 0 Å². The number of anilines is 1. The predicted molar refractivity (Wildman–Crippen MR) is 141 cm³/mol. The number of hydrogen-bond acceptors (Lipinski definition) is 4. The number of fused-ring (bicyclic) bond motifs is 2. The number of aryl methyl sites for hydroxylation is 1. The summed E-state index contributed by atoms with van der Waals surface area (Å²) in [5.41, 5.74) is 5.27. The third-order valence-corrected chi connectivity index (χ3v) is 8.80. The van der Waals surface area contributed by atoms with E-state index in [0.717, 1.165) is 26.7 Å². The van der Waals surface area contributed by atoms with Crippen molar-refractivity contribution >= 4 is 44.9 Å². The Balaban J connectivity index is 1.50. The fourth-order valence-corrected chi connectivity index (χ4v) is 7.21. The largest absolute Gasteiger partial charge is 0.306 e. The number of aromatic nitrogens is 1. The molecule has 33 heavy (non-hydrogen) atoms. The topological polar surface area (TPSA) is 33.2 Å². The summed E-state index contributed by atoms with van der Waals surface area (Å²) in [4.78, 5) is 20.4. The van der Waals surface area contributed by atoms with Crippen molar-refractivity contribution in [2.45, 2.75) is 49.4 Å². The lowest BCUT2D eigenvalue weighted by Gasteiger charge is -2.51. The normalized spacial score (nSPS) is 19.5. The Kier molecular flexibility index (Phi) is 5.58. The fourth-order valence-electron chi connectivity index (χ4n) is 5.29. The van der Waals surface area contributed by atoms with Crippen LogP contribution >= 0.6 is 23.1 Å². The number of thioether (sulfide) groups is 1. The number of amides is 1. The molecule has 1 aliphatic heterocycles. The van der Waals surface area contributed by atoms with Crippen molar-refractivity contribution in [2.75, 3.05) is 10.7 Å². The molecule has 1 aromatic heterocycles. The average Bonchev–Trinajstić information content (AvgIpc) is 3.21. The van der Waals surface area contributed by atoms with Crippen LogP contribution in [-0.2, 0) is 10.2 Å². The van der Waals surface area contributed by atoms with Crippen molar-refractivity contribution in [2.24, 2.45) is 0 Å². The molecule has 0 N–H and O–H groups in total. The van der Waals surface area contributed by atoms with Gasteiger partial charge < -0.3 is 4.90 Å². The van der Waals surface area contributed by atoms with E-state index in [1.165, 1.54) is 28.5 Å². The van der Waals surface area contributed by atoms with E-state index in [1.807, 2.05) is 23.1 Å². The zero-order valence-electron chi connectivity index (χ0n) is 19.5. The predicted octanol–water partition coefficient (Wildman–Crippen LogP) is 7.22. The van der Waals surface area contributed by atoms with E-state index in [2.05, 4.69) is 82.3 Å². The van der Waals surface area contributed by atoms with E-state index in [0.29, 0.717) is 5.75 Å². The standard InChI is InChI=1S/C28H28N2OS2/c1-19-14-15-23-21(16-19)28(4,20-10-6-5-7-11-20)18-27(2,3)30(23)25(31)17-32-26-29-22-12-8-9-13-24(22)33-26/h5-16H,17-18H2,1-4H3/t28-/m1/s1. The Morgan fingerprint density at radius 3 is 2.52 bits per heavy atom. The SMILES string of the molecule is Cc1ccc2c(c1)[C@@](C)(c1ccccc1)CC(C)(C)N2C(=O)CSc1nc2ccccc2s1. The molecule has 0 saturated heterocycles. The van der Waals surface area contributed by atoms with Crippen LogP contribution in [0.3, 0.4) is 0 Å². The Labute approximate surface area is 203 Å². The molecule has 0 spiro atoms. The molecular weight excluding hydrogens is 444 g/mol. The number of para-hydroxylation sites is 1. The Morgan fingerprint density at radius 2 is 1.76 bits per heavy atom. The maximum Gasteiger partial charge on any atom is 0.237 e. The van der Waals surface area contributed by atoms with Gasteiger partial charge in [-0.1, -0.05) is 78.8 Å². The van der Waals surface area contributed by atoms with Crippen LogP contribution in [0.15, 0.2) is 77.1 Å². The number of carbonyl (C=O) groups excluding carboxylic acids is 1. The smallest absolute Gasteiger partial charge is 0.237 e. The maximum absolute atomic E-state index is 13.7. The van der Waals surface area contributed by atoms with E-state index in [1.54, 1.807) is 11.3 Å². The highest BCUT2D eigenvalue weighted by Gasteiger charge is 2.47. The molecule has 0 bridgehead atoms. The van der Waals surface area contributed by atoms with Gasteiger partial charge in [-0.15, -0.1) is 11.3 Å². The Bertz CT molecular complexity index is 1300. The van der Waals surface area contributed by atoms with E-state index in [9.17, 15) is 4.79 Å². The molecule has 0 unspecified atom stereocenters. The first-order chi connectivity index (χ1) is 15.8. The van der Waals surface area contributed by atoms with Gasteiger partial charge in [-0.3, -0.25) is 4.79 Å². The zero-order valence-corrected chi connectivity index (χ0v) is 21.1. The summed E-state index contributed by atoms with van der Waals surface area (Å²) < 4.78 is 2.10. The van der Waals surface area contributed by atoms with Gasteiger partial charge in [0.2, 0.25) is 5.91 Å². The molecule has 168 valence electrons. The molecule has 0 radical (unpaired) electrons. The summed E-state index contributed by atoms with van der Waals surface area (Å²) in [6, 6.07) is 25.3. The average molecular weight is 473 g/mol. The number of hydrogen-bond donors (Lipinski definition) is 0. The second-order valence-electron chi connectivity index (χ2n) is 9.67. The highest BCUT2D eigenvalue weighted by molar-refractivity contribution is 8.01. The lowest BCUT2D eigenvalue weighted by atomic mass is 9.65. The third kappa shape index (κ3) is 3.98. The van der Waals surface area contributed by atoms with Gasteiger partial charge in [0.15, 0.2) is 4.34 Å². The van der Waals surface area contributed by atoms with Crippen LogP contribution in [0.25, 0.3) is 10.2 Å². The van der Waals surface area contributed by atoms with E-state index >= 15 is 0 Å². The molecule has 3 nitrogen and oxygen atoms in total. The number of nitrogens with zero attached hydrogens (tertiary/aromatic N) is 2. The van der Waals surface area contributed by atoms with Gasteiger partial charge in [0.05, 0.1) is 16.0 Å². The second kappa shape index (κ2) is 8.30. The van der Waals surface area contributed by atoms with Crippen molar-refractivity contribution < 1.29 is 4.79 Å². The van der Waals surface area contributed by atoms with Gasteiger partial charge in [-0.2, -0.15) is 0 Å². The molecule has 1 atom stereocenters. The van der Waals surface area contributed by atoms with Crippen molar-refractivity contribution in [3.8, 4) is 0 Å². The van der Waals surface area contributed by atoms with Crippen molar-refractivity contribution in [1.29, 1.82) is 0 Å². The molecule has 3 aromatic carbocycles. The number of carbonyl (C=O) groups is 1. The van der Waals surface area contributed by atoms with Gasteiger partial charge in [0, 0.05) is 16.6 Å². The summed E-state index contributed by atoms with van der Waals surface area (Å²) in [6.45, 7) is 8.83. The second-order valence-corrected chi connectivity index (χ2v) is 11.9. The molecule has 1 aliphatic rings. The fraction of sp³-hybridized carbons (Fsp3) is 0.286. The van der Waals surface area contributed by atoms with Crippen LogP contribution in [0.5, 0.6) is 0 Å². The first-order valence-electron chi connectivity index (χ1n) is 11.3. The summed E-state index contributed by atoms with van der Waals surface area (Å²) >= 11 is 3.19. The molecule has 1 amide bonds. The molecule has 5 heteroatoms. The summed E-state index contributed by atoms with van der Waals surface area (Å²) in [6.07, 6.45) is 0.859. The van der Waals surface area contributed by atoms with Crippen molar-refractivity contribution in [1.82, 2.24) is 4.98 Å². The number of rotatable bonds is 4. The lowest BCUT2D eigenvalue weighted by Crippen LogP contribution is -2.56. The lowest BCUT2D eigenvalue weighted by molar-refractivity contribution is -0.117. The maximum atomic E-state index is 13.7. The van der Waals surface area contributed by atoms with Crippen LogP contribution in [-0.4, -0.2) is 22.2 Å². The molecule has 0 saturated carbocycles. The van der Waals surface area contributed by atoms with Gasteiger partial charge in [0.1, 0.15) is 0 Å². The molecule has 0 fully saturated rings. The third-order valence-electron chi connectivity index (χ3n) is 6.63. The van der Waals surface area contributed by atoms with Gasteiger partial charge in [-0.05, 0) is 56.5 Å². The monoisotopic (exact) mass is 472 g/mol. The molecule has 4 aromatic rings. The first-order valence-corrected chi connectivity index (χ1v) is 13.1. The number of benzene rings is 3. The quantitative estimate of drug-likeness (QED) is 0.294. The minimum Gasteiger partial charge on any atom is -0.306 e. The van der Waals surface area contributed by atoms with Crippen molar-refractivity contribution in [3.63, 3.8) is 0 Å². The summed E-state index contributed by atoms with van der Waals surface area (Å²) in [7, 11) is 0. The highest BCUT2D eigenvalue weighted by atomic mass is 32.2. The van der Waals surface area contributed by atoms with Crippen LogP contribution in [0.4, 0.5) is 5.69 Å². The highest BCUT2D eigenvalue weighted by Crippen LogP contribution is 2.50. The molecule has 2 heterocycles. The number of thiazole rings is 1. The minimum atomic E-state index is -0.321. The summed E-state index contributed by atoms with van der Waals surface area (Å²) in [5, 5.41) is 0.